The van der Waals surface area contributed by atoms with E-state index in [1.165, 1.54) is 7.11 Å². The summed E-state index contributed by atoms with van der Waals surface area (Å²) in [6, 6.07) is 0. The fourth-order valence-electron chi connectivity index (χ4n) is 1.36. The number of hydrogen-bond acceptors (Lipinski definition) is 5. The Hall–Kier alpha value is -0.650. The maximum atomic E-state index is 10.8. The van der Waals surface area contributed by atoms with Gasteiger partial charge in [-0.15, -0.1) is 0 Å². The summed E-state index contributed by atoms with van der Waals surface area (Å²) in [5.41, 5.74) is 0. The third-order valence-corrected chi connectivity index (χ3v) is 2.21. The third-order valence-electron chi connectivity index (χ3n) is 2.21. The van der Waals surface area contributed by atoms with Crippen LogP contribution < -0.4 is 5.32 Å². The molecule has 0 radical (unpaired) electrons. The van der Waals surface area contributed by atoms with Crippen LogP contribution >= 0.6 is 0 Å². The van der Waals surface area contributed by atoms with Gasteiger partial charge in [0, 0.05) is 26.1 Å². The third kappa shape index (κ3) is 5.71. The van der Waals surface area contributed by atoms with Crippen molar-refractivity contribution in [3.8, 4) is 0 Å². The predicted molar refractivity (Wildman–Crippen MR) is 54.7 cm³/mol. The summed E-state index contributed by atoms with van der Waals surface area (Å²) >= 11 is 0. The van der Waals surface area contributed by atoms with Crippen molar-refractivity contribution in [2.24, 2.45) is 0 Å². The molecule has 0 aromatic carbocycles. The number of morpholine rings is 1. The topological polar surface area (TPSA) is 56.8 Å². The van der Waals surface area contributed by atoms with Crippen LogP contribution in [-0.4, -0.2) is 52.1 Å². The van der Waals surface area contributed by atoms with Crippen molar-refractivity contribution in [3.05, 3.63) is 0 Å². The van der Waals surface area contributed by atoms with Gasteiger partial charge in [-0.1, -0.05) is 0 Å². The van der Waals surface area contributed by atoms with Crippen LogP contribution in [0.1, 0.15) is 12.8 Å². The Morgan fingerprint density at radius 1 is 1.60 bits per heavy atom. The molecule has 0 spiro atoms. The highest BCUT2D eigenvalue weighted by Gasteiger charge is 2.12. The SMILES string of the molecule is COC(=O)CCCOCC1CNCCO1. The van der Waals surface area contributed by atoms with Crippen LogP contribution in [-0.2, 0) is 19.0 Å². The lowest BCUT2D eigenvalue weighted by Gasteiger charge is -2.23. The van der Waals surface area contributed by atoms with Gasteiger partial charge < -0.3 is 19.5 Å². The minimum Gasteiger partial charge on any atom is -0.469 e. The molecule has 0 aromatic heterocycles. The number of carbonyl (C=O) groups excluding carboxylic acids is 1. The van der Waals surface area contributed by atoms with E-state index in [1.807, 2.05) is 0 Å². The first-order valence-corrected chi connectivity index (χ1v) is 5.30. The number of methoxy groups -OCH3 is 1. The summed E-state index contributed by atoms with van der Waals surface area (Å²) in [4.78, 5) is 10.8. The molecule has 1 heterocycles. The molecule has 0 aromatic rings. The second kappa shape index (κ2) is 7.62. The van der Waals surface area contributed by atoms with Crippen LogP contribution in [0.4, 0.5) is 0 Å². The van der Waals surface area contributed by atoms with Crippen LogP contribution in [0.3, 0.4) is 0 Å². The zero-order chi connectivity index (χ0) is 10.9. The van der Waals surface area contributed by atoms with E-state index in [-0.39, 0.29) is 12.1 Å². The van der Waals surface area contributed by atoms with Crippen molar-refractivity contribution in [3.63, 3.8) is 0 Å². The normalized spacial score (nSPS) is 21.3. The molecule has 1 unspecified atom stereocenters. The van der Waals surface area contributed by atoms with Crippen LogP contribution in [0.2, 0.25) is 0 Å². The minimum atomic E-state index is -0.186. The highest BCUT2D eigenvalue weighted by atomic mass is 16.5. The molecule has 1 N–H and O–H groups in total. The molecular formula is C10H19NO4. The lowest BCUT2D eigenvalue weighted by atomic mass is 10.3. The molecule has 5 heteroatoms. The summed E-state index contributed by atoms with van der Waals surface area (Å²) in [7, 11) is 1.39. The first-order valence-electron chi connectivity index (χ1n) is 5.30. The van der Waals surface area contributed by atoms with E-state index in [0.717, 1.165) is 19.7 Å². The average molecular weight is 217 g/mol. The molecule has 1 aliphatic rings. The maximum Gasteiger partial charge on any atom is 0.305 e. The largest absolute Gasteiger partial charge is 0.469 e. The summed E-state index contributed by atoms with van der Waals surface area (Å²) in [6.07, 6.45) is 1.27. The van der Waals surface area contributed by atoms with Gasteiger partial charge in [-0.3, -0.25) is 4.79 Å². The molecule has 5 nitrogen and oxygen atoms in total. The quantitative estimate of drug-likeness (QED) is 0.499. The average Bonchev–Trinajstić information content (AvgIpc) is 2.29. The van der Waals surface area contributed by atoms with E-state index in [0.29, 0.717) is 26.1 Å². The molecule has 1 fully saturated rings. The Kier molecular flexibility index (Phi) is 6.31. The van der Waals surface area contributed by atoms with Gasteiger partial charge in [0.05, 0.1) is 26.4 Å². The Morgan fingerprint density at radius 2 is 2.47 bits per heavy atom. The summed E-state index contributed by atoms with van der Waals surface area (Å²) < 4.78 is 15.4. The molecule has 1 rings (SSSR count). The molecule has 1 saturated heterocycles. The fourth-order valence-corrected chi connectivity index (χ4v) is 1.36. The standard InChI is InChI=1S/C10H19NO4/c1-13-10(12)3-2-5-14-8-9-7-11-4-6-15-9/h9,11H,2-8H2,1H3. The van der Waals surface area contributed by atoms with Crippen LogP contribution in [0.5, 0.6) is 0 Å². The number of esters is 1. The van der Waals surface area contributed by atoms with Crippen molar-refractivity contribution < 1.29 is 19.0 Å². The zero-order valence-electron chi connectivity index (χ0n) is 9.16. The van der Waals surface area contributed by atoms with E-state index in [2.05, 4.69) is 10.1 Å². The van der Waals surface area contributed by atoms with Crippen molar-refractivity contribution in [1.29, 1.82) is 0 Å². The fraction of sp³-hybridized carbons (Fsp3) is 0.900. The number of carbonyl (C=O) groups is 1. The molecule has 15 heavy (non-hydrogen) atoms. The second-order valence-corrected chi connectivity index (χ2v) is 3.45. The van der Waals surface area contributed by atoms with Crippen LogP contribution in [0.25, 0.3) is 0 Å². The van der Waals surface area contributed by atoms with E-state index in [1.54, 1.807) is 0 Å². The highest BCUT2D eigenvalue weighted by Crippen LogP contribution is 1.98. The minimum absolute atomic E-state index is 0.150. The van der Waals surface area contributed by atoms with Crippen molar-refractivity contribution in [2.75, 3.05) is 40.0 Å². The smallest absolute Gasteiger partial charge is 0.305 e. The second-order valence-electron chi connectivity index (χ2n) is 3.45. The highest BCUT2D eigenvalue weighted by molar-refractivity contribution is 5.68. The lowest BCUT2D eigenvalue weighted by molar-refractivity contribution is -0.141. The zero-order valence-corrected chi connectivity index (χ0v) is 9.16. The Morgan fingerprint density at radius 3 is 3.13 bits per heavy atom. The monoisotopic (exact) mass is 217 g/mol. The van der Waals surface area contributed by atoms with E-state index < -0.39 is 0 Å². The summed E-state index contributed by atoms with van der Waals surface area (Å²) in [5, 5.41) is 3.22. The first kappa shape index (κ1) is 12.4. The lowest BCUT2D eigenvalue weighted by Crippen LogP contribution is -2.41. The van der Waals surface area contributed by atoms with Gasteiger partial charge in [0.15, 0.2) is 0 Å². The number of ether oxygens (including phenoxy) is 3. The molecular weight excluding hydrogens is 198 g/mol. The van der Waals surface area contributed by atoms with E-state index in [9.17, 15) is 4.79 Å². The van der Waals surface area contributed by atoms with E-state index in [4.69, 9.17) is 9.47 Å². The Bertz CT molecular complexity index is 180. The molecule has 0 amide bonds. The van der Waals surface area contributed by atoms with Gasteiger partial charge in [0.1, 0.15) is 0 Å². The van der Waals surface area contributed by atoms with Gasteiger partial charge in [-0.05, 0) is 6.42 Å². The predicted octanol–water partition coefficient (Wildman–Crippen LogP) is -0.0554. The molecule has 88 valence electrons. The number of hydrogen-bond donors (Lipinski definition) is 1. The molecule has 1 aliphatic heterocycles. The Balaban J connectivity index is 1.89. The van der Waals surface area contributed by atoms with Crippen LogP contribution in [0, 0.1) is 0 Å². The summed E-state index contributed by atoms with van der Waals surface area (Å²) in [5.74, 6) is -0.186. The number of nitrogens with one attached hydrogen (secondary N) is 1. The van der Waals surface area contributed by atoms with Gasteiger partial charge in [0.2, 0.25) is 0 Å². The molecule has 0 saturated carbocycles. The number of rotatable bonds is 6. The van der Waals surface area contributed by atoms with Gasteiger partial charge >= 0.3 is 5.97 Å². The molecule has 1 atom stereocenters. The maximum absolute atomic E-state index is 10.8. The summed E-state index contributed by atoms with van der Waals surface area (Å²) in [6.45, 7) is 3.68. The molecule has 0 bridgehead atoms. The molecule has 0 aliphatic carbocycles. The van der Waals surface area contributed by atoms with Gasteiger partial charge in [0.25, 0.3) is 0 Å². The van der Waals surface area contributed by atoms with Crippen molar-refractivity contribution >= 4 is 5.97 Å². The van der Waals surface area contributed by atoms with Gasteiger partial charge in [-0.2, -0.15) is 0 Å². The van der Waals surface area contributed by atoms with Gasteiger partial charge in [-0.25, -0.2) is 0 Å². The van der Waals surface area contributed by atoms with Crippen molar-refractivity contribution in [2.45, 2.75) is 18.9 Å². The van der Waals surface area contributed by atoms with Crippen molar-refractivity contribution in [1.82, 2.24) is 5.32 Å². The van der Waals surface area contributed by atoms with E-state index >= 15 is 0 Å². The first-order chi connectivity index (χ1) is 7.33. The van der Waals surface area contributed by atoms with Crippen LogP contribution in [0.15, 0.2) is 0 Å². The Labute approximate surface area is 90.1 Å².